The Morgan fingerprint density at radius 1 is 1.35 bits per heavy atom. The summed E-state index contributed by atoms with van der Waals surface area (Å²) in [6.07, 6.45) is 4.40. The maximum Gasteiger partial charge on any atom is 0.272 e. The van der Waals surface area contributed by atoms with Gasteiger partial charge in [-0.1, -0.05) is 13.0 Å². The van der Waals surface area contributed by atoms with Crippen LogP contribution in [0.15, 0.2) is 30.9 Å². The van der Waals surface area contributed by atoms with Gasteiger partial charge in [-0.05, 0) is 29.9 Å². The van der Waals surface area contributed by atoms with Crippen molar-refractivity contribution in [2.45, 2.75) is 13.3 Å². The van der Waals surface area contributed by atoms with Crippen LogP contribution < -0.4 is 0 Å². The minimum absolute atomic E-state index is 0.0216. The van der Waals surface area contributed by atoms with Crippen LogP contribution in [0, 0.1) is 11.3 Å². The van der Waals surface area contributed by atoms with Crippen molar-refractivity contribution in [3.8, 4) is 5.82 Å². The molecular formula is C14H15N5O. The van der Waals surface area contributed by atoms with Gasteiger partial charge in [-0.15, -0.1) is 10.2 Å². The monoisotopic (exact) mass is 269 g/mol. The molecule has 1 saturated heterocycles. The van der Waals surface area contributed by atoms with Gasteiger partial charge in [-0.2, -0.15) is 0 Å². The number of likely N-dealkylation sites (tertiary alicyclic amines) is 1. The van der Waals surface area contributed by atoms with Gasteiger partial charge < -0.3 is 4.90 Å². The molecule has 2 aliphatic rings. The van der Waals surface area contributed by atoms with Gasteiger partial charge in [-0.25, -0.2) is 4.98 Å². The highest BCUT2D eigenvalue weighted by Crippen LogP contribution is 2.57. The second-order valence-corrected chi connectivity index (χ2v) is 5.99. The van der Waals surface area contributed by atoms with E-state index in [0.717, 1.165) is 13.1 Å². The highest BCUT2D eigenvalue weighted by Gasteiger charge is 2.57. The van der Waals surface area contributed by atoms with Crippen molar-refractivity contribution in [1.29, 1.82) is 0 Å². The lowest BCUT2D eigenvalue weighted by atomic mass is 10.1. The fourth-order valence-corrected chi connectivity index (χ4v) is 3.07. The van der Waals surface area contributed by atoms with E-state index in [1.54, 1.807) is 23.3 Å². The molecule has 4 rings (SSSR count). The number of piperidine rings is 1. The number of carbonyl (C=O) groups excluding carboxylic acids is 1. The number of pyridine rings is 1. The third-order valence-corrected chi connectivity index (χ3v) is 4.46. The van der Waals surface area contributed by atoms with Crippen LogP contribution in [0.2, 0.25) is 0 Å². The number of rotatable bonds is 2. The van der Waals surface area contributed by atoms with Crippen molar-refractivity contribution < 1.29 is 4.79 Å². The molecule has 2 fully saturated rings. The van der Waals surface area contributed by atoms with Crippen LogP contribution in [0.4, 0.5) is 0 Å². The molecule has 0 N–H and O–H groups in total. The van der Waals surface area contributed by atoms with E-state index in [1.165, 1.54) is 6.42 Å². The Labute approximate surface area is 116 Å². The van der Waals surface area contributed by atoms with Crippen molar-refractivity contribution in [1.82, 2.24) is 24.6 Å². The second-order valence-electron chi connectivity index (χ2n) is 5.99. The van der Waals surface area contributed by atoms with E-state index in [0.29, 0.717) is 22.8 Å². The average Bonchev–Trinajstić information content (AvgIpc) is 2.90. The summed E-state index contributed by atoms with van der Waals surface area (Å²) >= 11 is 0. The number of aromatic nitrogens is 4. The van der Waals surface area contributed by atoms with Crippen molar-refractivity contribution in [3.05, 3.63) is 36.5 Å². The first kappa shape index (κ1) is 11.6. The zero-order valence-corrected chi connectivity index (χ0v) is 11.2. The first-order valence-electron chi connectivity index (χ1n) is 6.77. The smallest absolute Gasteiger partial charge is 0.272 e. The molecule has 1 amide bonds. The molecule has 102 valence electrons. The van der Waals surface area contributed by atoms with E-state index in [1.807, 2.05) is 17.0 Å². The molecule has 3 heterocycles. The predicted octanol–water partition coefficient (Wildman–Crippen LogP) is 1.14. The van der Waals surface area contributed by atoms with Gasteiger partial charge in [0.05, 0.1) is 0 Å². The lowest BCUT2D eigenvalue weighted by Gasteiger charge is -2.19. The summed E-state index contributed by atoms with van der Waals surface area (Å²) in [5.41, 5.74) is 0.850. The number of nitrogens with zero attached hydrogens (tertiary/aromatic N) is 5. The third-order valence-electron chi connectivity index (χ3n) is 4.46. The zero-order valence-electron chi connectivity index (χ0n) is 11.2. The van der Waals surface area contributed by atoms with E-state index >= 15 is 0 Å². The van der Waals surface area contributed by atoms with Crippen LogP contribution in [0.25, 0.3) is 5.82 Å². The van der Waals surface area contributed by atoms with Gasteiger partial charge in [0.1, 0.15) is 24.2 Å². The Morgan fingerprint density at radius 3 is 2.85 bits per heavy atom. The molecule has 20 heavy (non-hydrogen) atoms. The minimum atomic E-state index is 0.0216. The maximum absolute atomic E-state index is 12.5. The van der Waals surface area contributed by atoms with Gasteiger partial charge in [0.25, 0.3) is 5.91 Å². The summed E-state index contributed by atoms with van der Waals surface area (Å²) in [5.74, 6) is 1.37. The fourth-order valence-electron chi connectivity index (χ4n) is 3.07. The van der Waals surface area contributed by atoms with Crippen LogP contribution in [-0.4, -0.2) is 43.6 Å². The molecule has 2 unspecified atom stereocenters. The van der Waals surface area contributed by atoms with Gasteiger partial charge in [0.2, 0.25) is 0 Å². The van der Waals surface area contributed by atoms with E-state index in [-0.39, 0.29) is 5.91 Å². The largest absolute Gasteiger partial charge is 0.336 e. The number of amides is 1. The van der Waals surface area contributed by atoms with Crippen LogP contribution in [0.1, 0.15) is 23.8 Å². The lowest BCUT2D eigenvalue weighted by molar-refractivity contribution is 0.0761. The molecule has 0 bridgehead atoms. The summed E-state index contributed by atoms with van der Waals surface area (Å²) < 4.78 is 1.69. The molecule has 1 aliphatic heterocycles. The summed E-state index contributed by atoms with van der Waals surface area (Å²) in [7, 11) is 0. The molecule has 6 heteroatoms. The third kappa shape index (κ3) is 1.71. The number of carbonyl (C=O) groups is 1. The van der Waals surface area contributed by atoms with Gasteiger partial charge in [0.15, 0.2) is 0 Å². The number of hydrogen-bond donors (Lipinski definition) is 0. The second kappa shape index (κ2) is 3.88. The minimum Gasteiger partial charge on any atom is -0.336 e. The first-order chi connectivity index (χ1) is 9.66. The number of fused-ring (bicyclic) bond motifs is 1. The molecule has 0 aromatic carbocycles. The highest BCUT2D eigenvalue weighted by atomic mass is 16.2. The topological polar surface area (TPSA) is 63.9 Å². The zero-order chi connectivity index (χ0) is 13.7. The summed E-state index contributed by atoms with van der Waals surface area (Å²) in [6.45, 7) is 3.98. The molecule has 6 nitrogen and oxygen atoms in total. The Hall–Kier alpha value is -2.24. The van der Waals surface area contributed by atoms with Crippen molar-refractivity contribution >= 4 is 5.91 Å². The molecular weight excluding hydrogens is 254 g/mol. The quantitative estimate of drug-likeness (QED) is 0.820. The molecule has 2 atom stereocenters. The Morgan fingerprint density at radius 2 is 2.15 bits per heavy atom. The van der Waals surface area contributed by atoms with Crippen LogP contribution in [0.3, 0.4) is 0 Å². The first-order valence-corrected chi connectivity index (χ1v) is 6.77. The van der Waals surface area contributed by atoms with Crippen molar-refractivity contribution in [2.75, 3.05) is 13.1 Å². The molecule has 2 aromatic heterocycles. The molecule has 1 saturated carbocycles. The molecule has 1 aliphatic carbocycles. The Balaban J connectivity index is 1.59. The van der Waals surface area contributed by atoms with Crippen LogP contribution in [0.5, 0.6) is 0 Å². The van der Waals surface area contributed by atoms with Crippen molar-refractivity contribution in [2.24, 2.45) is 11.3 Å². The highest BCUT2D eigenvalue weighted by molar-refractivity contribution is 5.92. The number of hydrogen-bond acceptors (Lipinski definition) is 4. The van der Waals surface area contributed by atoms with Gasteiger partial charge >= 0.3 is 0 Å². The molecule has 0 spiro atoms. The molecule has 0 radical (unpaired) electrons. The van der Waals surface area contributed by atoms with Crippen molar-refractivity contribution in [3.63, 3.8) is 0 Å². The van der Waals surface area contributed by atoms with E-state index < -0.39 is 0 Å². The Kier molecular flexibility index (Phi) is 2.24. The SMILES string of the molecule is CC12CC1CN(C(=O)c1cccc(-n3cnnc3)n1)C2. The summed E-state index contributed by atoms with van der Waals surface area (Å²) in [5, 5.41) is 7.51. The van der Waals surface area contributed by atoms with E-state index in [9.17, 15) is 4.79 Å². The van der Waals surface area contributed by atoms with Gasteiger partial charge in [0, 0.05) is 13.1 Å². The average molecular weight is 269 g/mol. The van der Waals surface area contributed by atoms with Crippen LogP contribution in [-0.2, 0) is 0 Å². The normalized spacial score (nSPS) is 27.4. The Bertz CT molecular complexity index is 668. The standard InChI is InChI=1S/C14H15N5O/c1-14-5-10(14)6-18(7-14)13(20)11-3-2-4-12(17-11)19-8-15-16-9-19/h2-4,8-10H,5-7H2,1H3. The summed E-state index contributed by atoms with van der Waals surface area (Å²) in [6, 6.07) is 5.44. The van der Waals surface area contributed by atoms with Crippen LogP contribution >= 0.6 is 0 Å². The van der Waals surface area contributed by atoms with E-state index in [2.05, 4.69) is 22.1 Å². The lowest BCUT2D eigenvalue weighted by Crippen LogP contribution is -2.32. The molecule has 2 aromatic rings. The maximum atomic E-state index is 12.5. The van der Waals surface area contributed by atoms with Gasteiger partial charge in [-0.3, -0.25) is 9.36 Å². The van der Waals surface area contributed by atoms with E-state index in [4.69, 9.17) is 0 Å². The predicted molar refractivity (Wildman–Crippen MR) is 71.3 cm³/mol. The summed E-state index contributed by atoms with van der Waals surface area (Å²) in [4.78, 5) is 18.8. The fraction of sp³-hybridized carbons (Fsp3) is 0.429.